The van der Waals surface area contributed by atoms with Gasteiger partial charge in [0.2, 0.25) is 0 Å². The van der Waals surface area contributed by atoms with Gasteiger partial charge in [-0.1, -0.05) is 52.4 Å². The molecule has 0 nitrogen and oxygen atoms in total. The molecule has 33 heavy (non-hydrogen) atoms. The van der Waals surface area contributed by atoms with Gasteiger partial charge in [0.05, 0.1) is 0 Å². The molecule has 196 valence electrons. The van der Waals surface area contributed by atoms with E-state index in [2.05, 4.69) is 13.8 Å². The van der Waals surface area contributed by atoms with E-state index in [0.717, 1.165) is 15.2 Å². The van der Waals surface area contributed by atoms with E-state index in [1.54, 1.807) is 10.6 Å². The van der Waals surface area contributed by atoms with Crippen molar-refractivity contribution in [2.75, 3.05) is 0 Å². The minimum absolute atomic E-state index is 0.771. The molecule has 0 aromatic carbocycles. The number of hydrogen-bond donors (Lipinski definition) is 0. The zero-order valence-electron chi connectivity index (χ0n) is 23.8. The molecule has 0 radical (unpaired) electrons. The molecule has 0 atom stereocenters. The molecular formula is C32H66Al+. The van der Waals surface area contributed by atoms with Crippen LogP contribution in [-0.2, 0) is 0 Å². The SMILES string of the molecule is CCCCCCCCCCCCCCC[CH2][Al+][CH2]CCCCCCCCCCCCCCC. The molecule has 0 aromatic heterocycles. The fourth-order valence-corrected chi connectivity index (χ4v) is 6.55. The van der Waals surface area contributed by atoms with Crippen LogP contribution in [-0.4, -0.2) is 15.2 Å². The molecule has 0 saturated heterocycles. The maximum atomic E-state index is 2.31. The summed E-state index contributed by atoms with van der Waals surface area (Å²) in [6.45, 7) is 4.62. The van der Waals surface area contributed by atoms with Crippen molar-refractivity contribution >= 4 is 15.2 Å². The summed E-state index contributed by atoms with van der Waals surface area (Å²) < 4.78 is 0. The molecule has 1 heteroatoms. The molecule has 0 bridgehead atoms. The second-order valence-electron chi connectivity index (χ2n) is 11.1. The molecule has 0 spiro atoms. The Balaban J connectivity index is 2.99. The first-order valence-electron chi connectivity index (χ1n) is 16.2. The smallest absolute Gasteiger partial charge is 0.0654 e. The third kappa shape index (κ3) is 32.5. The van der Waals surface area contributed by atoms with Gasteiger partial charge in [0.1, 0.15) is 0 Å². The quantitative estimate of drug-likeness (QED) is 0.0712. The van der Waals surface area contributed by atoms with E-state index in [0.29, 0.717) is 0 Å². The Kier molecular flexibility index (Phi) is 33.1. The van der Waals surface area contributed by atoms with Crippen LogP contribution in [0.3, 0.4) is 0 Å². The summed E-state index contributed by atoms with van der Waals surface area (Å²) >= 11 is 0.771. The van der Waals surface area contributed by atoms with E-state index >= 15 is 0 Å². The second-order valence-corrected chi connectivity index (χ2v) is 12.8. The fraction of sp³-hybridized carbons (Fsp3) is 1.00. The van der Waals surface area contributed by atoms with Crippen molar-refractivity contribution in [1.29, 1.82) is 0 Å². The molecule has 0 aliphatic carbocycles. The normalized spacial score (nSPS) is 11.2. The van der Waals surface area contributed by atoms with Crippen molar-refractivity contribution in [3.8, 4) is 0 Å². The van der Waals surface area contributed by atoms with Crippen LogP contribution in [0.4, 0.5) is 0 Å². The van der Waals surface area contributed by atoms with Crippen molar-refractivity contribution in [3.63, 3.8) is 0 Å². The van der Waals surface area contributed by atoms with Gasteiger partial charge >= 0.3 is 167 Å². The summed E-state index contributed by atoms with van der Waals surface area (Å²) in [6, 6.07) is 0. The topological polar surface area (TPSA) is 0 Å². The van der Waals surface area contributed by atoms with Crippen LogP contribution in [0.5, 0.6) is 0 Å². The van der Waals surface area contributed by atoms with Crippen LogP contribution >= 0.6 is 0 Å². The van der Waals surface area contributed by atoms with Gasteiger partial charge < -0.3 is 0 Å². The average Bonchev–Trinajstić information content (AvgIpc) is 2.83. The summed E-state index contributed by atoms with van der Waals surface area (Å²) in [7, 11) is 0. The van der Waals surface area contributed by atoms with Crippen molar-refractivity contribution in [2.24, 2.45) is 0 Å². The van der Waals surface area contributed by atoms with Crippen LogP contribution in [0.2, 0.25) is 10.6 Å². The monoisotopic (exact) mass is 477 g/mol. The maximum absolute atomic E-state index is 2.31. The molecule has 0 aromatic rings. The van der Waals surface area contributed by atoms with E-state index in [9.17, 15) is 0 Å². The van der Waals surface area contributed by atoms with E-state index in [4.69, 9.17) is 0 Å². The predicted molar refractivity (Wildman–Crippen MR) is 156 cm³/mol. The average molecular weight is 478 g/mol. The summed E-state index contributed by atoms with van der Waals surface area (Å²) in [4.78, 5) is 0. The Labute approximate surface area is 219 Å². The van der Waals surface area contributed by atoms with Crippen molar-refractivity contribution in [3.05, 3.63) is 0 Å². The first-order chi connectivity index (χ1) is 16.4. The van der Waals surface area contributed by atoms with Crippen molar-refractivity contribution in [1.82, 2.24) is 0 Å². The van der Waals surface area contributed by atoms with Gasteiger partial charge in [-0.15, -0.1) is 0 Å². The molecular weight excluding hydrogens is 411 g/mol. The summed E-state index contributed by atoms with van der Waals surface area (Å²) in [6.07, 6.45) is 41.6. The van der Waals surface area contributed by atoms with Gasteiger partial charge in [-0.25, -0.2) is 0 Å². The van der Waals surface area contributed by atoms with E-state index in [1.165, 1.54) is 180 Å². The Morgan fingerprint density at radius 2 is 0.424 bits per heavy atom. The summed E-state index contributed by atoms with van der Waals surface area (Å²) in [5.41, 5.74) is 0. The number of unbranched alkanes of at least 4 members (excludes halogenated alkanes) is 26. The third-order valence-corrected chi connectivity index (χ3v) is 9.16. The Bertz CT molecular complexity index is 284. The van der Waals surface area contributed by atoms with Crippen LogP contribution < -0.4 is 0 Å². The molecule has 0 fully saturated rings. The first kappa shape index (κ1) is 33.5. The van der Waals surface area contributed by atoms with Gasteiger partial charge in [0, 0.05) is 0 Å². The molecule has 0 N–H and O–H groups in total. The molecule has 0 saturated carbocycles. The Hall–Kier alpha value is 0.532. The van der Waals surface area contributed by atoms with Gasteiger partial charge in [0.15, 0.2) is 0 Å². The van der Waals surface area contributed by atoms with Crippen molar-refractivity contribution < 1.29 is 0 Å². The summed E-state index contributed by atoms with van der Waals surface area (Å²) in [5.74, 6) is 0. The minimum atomic E-state index is 0.771. The van der Waals surface area contributed by atoms with E-state index < -0.39 is 0 Å². The molecule has 0 aliphatic rings. The van der Waals surface area contributed by atoms with E-state index in [1.807, 2.05) is 0 Å². The van der Waals surface area contributed by atoms with Crippen LogP contribution in [0.1, 0.15) is 194 Å². The van der Waals surface area contributed by atoms with Gasteiger partial charge in [0.25, 0.3) is 0 Å². The van der Waals surface area contributed by atoms with Crippen LogP contribution in [0.15, 0.2) is 0 Å². The predicted octanol–water partition coefficient (Wildman–Crippen LogP) is 12.5. The Morgan fingerprint density at radius 1 is 0.242 bits per heavy atom. The molecule has 0 unspecified atom stereocenters. The number of rotatable bonds is 30. The third-order valence-electron chi connectivity index (χ3n) is 7.52. The number of hydrogen-bond acceptors (Lipinski definition) is 0. The Morgan fingerprint density at radius 3 is 0.636 bits per heavy atom. The molecule has 0 aliphatic heterocycles. The fourth-order valence-electron chi connectivity index (χ4n) is 5.11. The van der Waals surface area contributed by atoms with Crippen LogP contribution in [0.25, 0.3) is 0 Å². The van der Waals surface area contributed by atoms with Gasteiger partial charge in [-0.2, -0.15) is 0 Å². The molecule has 0 heterocycles. The van der Waals surface area contributed by atoms with E-state index in [-0.39, 0.29) is 0 Å². The molecule has 0 amide bonds. The minimum Gasteiger partial charge on any atom is -0.0654 e. The zero-order chi connectivity index (χ0) is 23.9. The zero-order valence-corrected chi connectivity index (χ0v) is 24.9. The second kappa shape index (κ2) is 32.5. The van der Waals surface area contributed by atoms with Crippen LogP contribution in [0, 0.1) is 0 Å². The standard InChI is InChI=1S/2C16H33.Al/c2*1-3-5-7-9-11-13-15-16-14-12-10-8-6-4-2;/h2*1,3-16H2,2H3;/q;;+1. The summed E-state index contributed by atoms with van der Waals surface area (Å²) in [5, 5.41) is 3.16. The first-order valence-corrected chi connectivity index (χ1v) is 17.9. The van der Waals surface area contributed by atoms with Gasteiger partial charge in [-0.3, -0.25) is 0 Å². The van der Waals surface area contributed by atoms with Crippen molar-refractivity contribution in [2.45, 2.75) is 204 Å². The molecule has 0 rings (SSSR count). The van der Waals surface area contributed by atoms with Gasteiger partial charge in [-0.05, 0) is 0 Å².